The quantitative estimate of drug-likeness (QED) is 0.0262. The predicted molar refractivity (Wildman–Crippen MR) is 261 cm³/mol. The van der Waals surface area contributed by atoms with Crippen LogP contribution >= 0.6 is 0 Å². The monoisotopic (exact) mass is 859 g/mol. The van der Waals surface area contributed by atoms with Gasteiger partial charge in [-0.3, -0.25) is 14.4 Å². The Labute approximate surface area is 379 Å². The maximum absolute atomic E-state index is 12.8. The molecular weight excluding hydrogens is 757 g/mol. The third kappa shape index (κ3) is 48.8. The van der Waals surface area contributed by atoms with Crippen LogP contribution < -0.4 is 0 Å². The highest BCUT2D eigenvalue weighted by Crippen LogP contribution is 2.16. The van der Waals surface area contributed by atoms with Crippen LogP contribution in [0, 0.1) is 0 Å². The van der Waals surface area contributed by atoms with E-state index >= 15 is 0 Å². The number of unbranched alkanes of at least 4 members (excludes halogenated alkanes) is 34. The van der Waals surface area contributed by atoms with E-state index in [-0.39, 0.29) is 31.1 Å². The van der Waals surface area contributed by atoms with Gasteiger partial charge in [0.15, 0.2) is 6.10 Å². The van der Waals surface area contributed by atoms with E-state index in [4.69, 9.17) is 14.2 Å². The lowest BCUT2D eigenvalue weighted by Crippen LogP contribution is -2.30. The van der Waals surface area contributed by atoms with Gasteiger partial charge in [0.05, 0.1) is 0 Å². The van der Waals surface area contributed by atoms with Crippen LogP contribution in [0.5, 0.6) is 0 Å². The molecule has 358 valence electrons. The first kappa shape index (κ1) is 58.9. The predicted octanol–water partition coefficient (Wildman–Crippen LogP) is 17.5. The molecule has 0 aromatic heterocycles. The highest BCUT2D eigenvalue weighted by atomic mass is 16.6. The Morgan fingerprint density at radius 1 is 0.311 bits per heavy atom. The molecule has 0 radical (unpaired) electrons. The molecule has 0 amide bonds. The van der Waals surface area contributed by atoms with Crippen LogP contribution in [-0.4, -0.2) is 37.2 Å². The highest BCUT2D eigenvalue weighted by Gasteiger charge is 2.19. The first-order valence-corrected chi connectivity index (χ1v) is 26.8. The molecule has 0 aromatic rings. The summed E-state index contributed by atoms with van der Waals surface area (Å²) in [6, 6.07) is 0. The molecule has 0 aliphatic carbocycles. The lowest BCUT2D eigenvalue weighted by Gasteiger charge is -2.18. The summed E-state index contributed by atoms with van der Waals surface area (Å²) >= 11 is 0. The van der Waals surface area contributed by atoms with E-state index in [0.717, 1.165) is 70.6 Å². The molecule has 6 nitrogen and oxygen atoms in total. The zero-order valence-corrected chi connectivity index (χ0v) is 40.9. The fraction of sp³-hybridized carbons (Fsp3) is 0.873. The average Bonchev–Trinajstić information content (AvgIpc) is 3.26. The molecular formula is C55H102O6. The SMILES string of the molecule is CCCC/C=C\CCCCCCCC(=O)OC[C@H](COC(=O)CCCCCCCCCCCCCCCCCCCCC)OC(=O)CCCCCCC/C=C\CCCCCC. The topological polar surface area (TPSA) is 78.9 Å². The molecule has 0 aliphatic rings. The Morgan fingerprint density at radius 3 is 0.885 bits per heavy atom. The van der Waals surface area contributed by atoms with E-state index in [2.05, 4.69) is 45.1 Å². The van der Waals surface area contributed by atoms with Crippen molar-refractivity contribution < 1.29 is 28.6 Å². The van der Waals surface area contributed by atoms with Gasteiger partial charge in [0.2, 0.25) is 0 Å². The van der Waals surface area contributed by atoms with Crippen LogP contribution in [0.1, 0.15) is 290 Å². The number of rotatable bonds is 49. The van der Waals surface area contributed by atoms with Crippen molar-refractivity contribution in [2.24, 2.45) is 0 Å². The van der Waals surface area contributed by atoms with Crippen molar-refractivity contribution in [2.75, 3.05) is 13.2 Å². The number of carbonyl (C=O) groups excluding carboxylic acids is 3. The van der Waals surface area contributed by atoms with Gasteiger partial charge in [0.25, 0.3) is 0 Å². The molecule has 0 saturated carbocycles. The summed E-state index contributed by atoms with van der Waals surface area (Å²) in [6.45, 7) is 6.60. The number of hydrogen-bond donors (Lipinski definition) is 0. The van der Waals surface area contributed by atoms with Crippen molar-refractivity contribution in [1.82, 2.24) is 0 Å². The molecule has 0 fully saturated rings. The maximum atomic E-state index is 12.8. The van der Waals surface area contributed by atoms with Gasteiger partial charge >= 0.3 is 17.9 Å². The van der Waals surface area contributed by atoms with Crippen LogP contribution in [0.3, 0.4) is 0 Å². The number of allylic oxidation sites excluding steroid dienone is 4. The van der Waals surface area contributed by atoms with Gasteiger partial charge in [-0.1, -0.05) is 231 Å². The standard InChI is InChI=1S/C55H102O6/c1-4-7-10-13-16-19-22-24-25-26-27-28-29-31-33-36-39-42-45-48-54(57)60-51-52(50-59-53(56)47-44-41-38-35-32-21-18-15-12-9-6-3)61-55(58)49-46-43-40-37-34-30-23-20-17-14-11-8-5-2/h15,18,20,23,52H,4-14,16-17,19,21-22,24-51H2,1-3H3/b18-15-,23-20-/t52-/m1/s1. The minimum Gasteiger partial charge on any atom is -0.462 e. The van der Waals surface area contributed by atoms with E-state index < -0.39 is 6.10 Å². The Bertz CT molecular complexity index is 989. The number of esters is 3. The van der Waals surface area contributed by atoms with E-state index in [1.54, 1.807) is 0 Å². The summed E-state index contributed by atoms with van der Waals surface area (Å²) in [5, 5.41) is 0. The van der Waals surface area contributed by atoms with Crippen molar-refractivity contribution in [3.8, 4) is 0 Å². The summed E-state index contributed by atoms with van der Waals surface area (Å²) in [5.74, 6) is -0.879. The second-order valence-corrected chi connectivity index (χ2v) is 18.1. The van der Waals surface area contributed by atoms with Crippen molar-refractivity contribution in [1.29, 1.82) is 0 Å². The molecule has 1 atom stereocenters. The van der Waals surface area contributed by atoms with E-state index in [1.807, 2.05) is 0 Å². The molecule has 0 aliphatic heterocycles. The molecule has 0 N–H and O–H groups in total. The molecule has 61 heavy (non-hydrogen) atoms. The second-order valence-electron chi connectivity index (χ2n) is 18.1. The molecule has 0 bridgehead atoms. The molecule has 0 heterocycles. The van der Waals surface area contributed by atoms with Crippen LogP contribution in [0.25, 0.3) is 0 Å². The average molecular weight is 859 g/mol. The third-order valence-electron chi connectivity index (χ3n) is 11.9. The van der Waals surface area contributed by atoms with Crippen LogP contribution in [0.15, 0.2) is 24.3 Å². The van der Waals surface area contributed by atoms with E-state index in [1.165, 1.54) is 180 Å². The van der Waals surface area contributed by atoms with Gasteiger partial charge in [-0.05, 0) is 64.2 Å². The molecule has 0 aromatic carbocycles. The number of carbonyl (C=O) groups is 3. The molecule has 0 saturated heterocycles. The zero-order valence-electron chi connectivity index (χ0n) is 40.9. The summed E-state index contributed by atoms with van der Waals surface area (Å²) in [7, 11) is 0. The largest absolute Gasteiger partial charge is 0.462 e. The lowest BCUT2D eigenvalue weighted by molar-refractivity contribution is -0.167. The minimum atomic E-state index is -0.773. The van der Waals surface area contributed by atoms with Crippen LogP contribution in [-0.2, 0) is 28.6 Å². The Balaban J connectivity index is 4.28. The van der Waals surface area contributed by atoms with Crippen LogP contribution in [0.4, 0.5) is 0 Å². The zero-order chi connectivity index (χ0) is 44.4. The molecule has 0 spiro atoms. The van der Waals surface area contributed by atoms with Gasteiger partial charge in [-0.2, -0.15) is 0 Å². The highest BCUT2D eigenvalue weighted by molar-refractivity contribution is 5.71. The fourth-order valence-electron chi connectivity index (χ4n) is 7.83. The summed E-state index contributed by atoms with van der Waals surface area (Å²) < 4.78 is 16.8. The molecule has 0 unspecified atom stereocenters. The fourth-order valence-corrected chi connectivity index (χ4v) is 7.83. The Morgan fingerprint density at radius 2 is 0.557 bits per heavy atom. The van der Waals surface area contributed by atoms with Gasteiger partial charge < -0.3 is 14.2 Å². The van der Waals surface area contributed by atoms with Gasteiger partial charge in [-0.25, -0.2) is 0 Å². The van der Waals surface area contributed by atoms with Crippen molar-refractivity contribution in [2.45, 2.75) is 297 Å². The van der Waals surface area contributed by atoms with Crippen molar-refractivity contribution >= 4 is 17.9 Å². The Kier molecular flexibility index (Phi) is 48.8. The van der Waals surface area contributed by atoms with Gasteiger partial charge in [-0.15, -0.1) is 0 Å². The van der Waals surface area contributed by atoms with Crippen molar-refractivity contribution in [3.05, 3.63) is 24.3 Å². The first-order chi connectivity index (χ1) is 30.0. The summed E-state index contributed by atoms with van der Waals surface area (Å²) in [6.07, 6.45) is 57.4. The van der Waals surface area contributed by atoms with E-state index in [0.29, 0.717) is 19.3 Å². The summed E-state index contributed by atoms with van der Waals surface area (Å²) in [5.41, 5.74) is 0. The minimum absolute atomic E-state index is 0.0734. The molecule has 6 heteroatoms. The third-order valence-corrected chi connectivity index (χ3v) is 11.9. The lowest BCUT2D eigenvalue weighted by atomic mass is 10.0. The van der Waals surface area contributed by atoms with Crippen LogP contribution in [0.2, 0.25) is 0 Å². The summed E-state index contributed by atoms with van der Waals surface area (Å²) in [4.78, 5) is 37.9. The van der Waals surface area contributed by atoms with Gasteiger partial charge in [0, 0.05) is 19.3 Å². The first-order valence-electron chi connectivity index (χ1n) is 26.8. The van der Waals surface area contributed by atoms with Gasteiger partial charge in [0.1, 0.15) is 13.2 Å². The maximum Gasteiger partial charge on any atom is 0.306 e. The number of hydrogen-bond acceptors (Lipinski definition) is 6. The molecule has 0 rings (SSSR count). The smallest absolute Gasteiger partial charge is 0.306 e. The number of ether oxygens (including phenoxy) is 3. The van der Waals surface area contributed by atoms with E-state index in [9.17, 15) is 14.4 Å². The normalized spacial score (nSPS) is 12.1. The Hall–Kier alpha value is -2.11. The van der Waals surface area contributed by atoms with Crippen molar-refractivity contribution in [3.63, 3.8) is 0 Å². The second kappa shape index (κ2) is 50.5.